The molecular weight excluding hydrogens is 387 g/mol. The Labute approximate surface area is 164 Å². The van der Waals surface area contributed by atoms with Crippen LogP contribution in [0.15, 0.2) is 48.8 Å². The van der Waals surface area contributed by atoms with E-state index >= 15 is 0 Å². The quantitative estimate of drug-likeness (QED) is 0.590. The number of halogens is 3. The van der Waals surface area contributed by atoms with Crippen molar-refractivity contribution in [1.82, 2.24) is 14.8 Å². The number of ether oxygens (including phenoxy) is 2. The Bertz CT molecular complexity index is 1040. The van der Waals surface area contributed by atoms with Crippen molar-refractivity contribution in [2.45, 2.75) is 13.3 Å². The first kappa shape index (κ1) is 20.1. The number of rotatable bonds is 5. The van der Waals surface area contributed by atoms with Gasteiger partial charge in [-0.1, -0.05) is 18.2 Å². The molecule has 6 nitrogen and oxygen atoms in total. The number of hydrogen-bond acceptors (Lipinski definition) is 5. The smallest absolute Gasteiger partial charge is 0.465 e. The van der Waals surface area contributed by atoms with Gasteiger partial charge < -0.3 is 9.47 Å². The highest BCUT2D eigenvalue weighted by atomic mass is 19.4. The van der Waals surface area contributed by atoms with Crippen molar-refractivity contribution < 1.29 is 27.4 Å². The Balaban J connectivity index is 1.74. The van der Waals surface area contributed by atoms with E-state index in [-0.39, 0.29) is 5.75 Å². The average Bonchev–Trinajstić information content (AvgIpc) is 3.15. The maximum atomic E-state index is 12.2. The summed E-state index contributed by atoms with van der Waals surface area (Å²) in [6.45, 7) is 1.81. The first-order valence-electron chi connectivity index (χ1n) is 8.40. The standard InChI is InChI=1S/C20H16F3N3O3/c1-13-3-4-14(11-17(13)19(27)28-2)5-10-18-24-12-26(25-18)15-6-8-16(9-7-15)29-20(21,22)23/h3-12H,1-2H3/b10-5+. The zero-order valence-corrected chi connectivity index (χ0v) is 15.5. The van der Waals surface area contributed by atoms with Crippen molar-refractivity contribution in [1.29, 1.82) is 0 Å². The lowest BCUT2D eigenvalue weighted by Gasteiger charge is -2.09. The molecule has 150 valence electrons. The van der Waals surface area contributed by atoms with Crippen LogP contribution in [0.1, 0.15) is 27.3 Å². The fraction of sp³-hybridized carbons (Fsp3) is 0.150. The van der Waals surface area contributed by atoms with E-state index in [0.717, 1.165) is 11.1 Å². The van der Waals surface area contributed by atoms with E-state index in [1.54, 1.807) is 18.2 Å². The highest BCUT2D eigenvalue weighted by molar-refractivity contribution is 5.92. The molecule has 2 aromatic carbocycles. The summed E-state index contributed by atoms with van der Waals surface area (Å²) in [7, 11) is 1.32. The molecule has 0 unspecified atom stereocenters. The molecule has 0 atom stereocenters. The SMILES string of the molecule is COC(=O)c1cc(/C=C/c2ncn(-c3ccc(OC(F)(F)F)cc3)n2)ccc1C. The number of aromatic nitrogens is 3. The van der Waals surface area contributed by atoms with Crippen LogP contribution in [0.2, 0.25) is 0 Å². The lowest BCUT2D eigenvalue weighted by atomic mass is 10.0. The van der Waals surface area contributed by atoms with Crippen molar-refractivity contribution in [3.8, 4) is 11.4 Å². The Morgan fingerprint density at radius 3 is 2.48 bits per heavy atom. The molecule has 0 amide bonds. The largest absolute Gasteiger partial charge is 0.573 e. The van der Waals surface area contributed by atoms with Crippen LogP contribution in [-0.4, -0.2) is 34.2 Å². The van der Waals surface area contributed by atoms with Gasteiger partial charge in [-0.15, -0.1) is 18.3 Å². The van der Waals surface area contributed by atoms with E-state index in [2.05, 4.69) is 14.8 Å². The number of benzene rings is 2. The third-order valence-corrected chi connectivity index (χ3v) is 3.94. The summed E-state index contributed by atoms with van der Waals surface area (Å²) in [6.07, 6.45) is 0.0972. The molecule has 0 aliphatic rings. The van der Waals surface area contributed by atoms with Crippen molar-refractivity contribution in [2.24, 2.45) is 0 Å². The van der Waals surface area contributed by atoms with Gasteiger partial charge in [0.2, 0.25) is 0 Å². The van der Waals surface area contributed by atoms with E-state index < -0.39 is 12.3 Å². The summed E-state index contributed by atoms with van der Waals surface area (Å²) in [4.78, 5) is 15.9. The van der Waals surface area contributed by atoms with E-state index in [1.165, 1.54) is 42.4 Å². The van der Waals surface area contributed by atoms with Gasteiger partial charge in [0.15, 0.2) is 5.82 Å². The average molecular weight is 403 g/mol. The van der Waals surface area contributed by atoms with E-state index in [0.29, 0.717) is 17.1 Å². The molecule has 3 rings (SSSR count). The summed E-state index contributed by atoms with van der Waals surface area (Å²) >= 11 is 0. The molecule has 9 heteroatoms. The van der Waals surface area contributed by atoms with E-state index in [4.69, 9.17) is 4.74 Å². The van der Waals surface area contributed by atoms with E-state index in [9.17, 15) is 18.0 Å². The maximum Gasteiger partial charge on any atom is 0.573 e. The van der Waals surface area contributed by atoms with Crippen LogP contribution in [0.3, 0.4) is 0 Å². The lowest BCUT2D eigenvalue weighted by Crippen LogP contribution is -2.17. The molecule has 0 radical (unpaired) electrons. The van der Waals surface area contributed by atoms with Gasteiger partial charge in [0.05, 0.1) is 18.4 Å². The molecule has 0 aliphatic heterocycles. The van der Waals surface area contributed by atoms with Crippen LogP contribution in [0.5, 0.6) is 5.75 Å². The Kier molecular flexibility index (Phi) is 5.67. The molecule has 0 fully saturated rings. The van der Waals surface area contributed by atoms with Gasteiger partial charge in [0.25, 0.3) is 0 Å². The molecule has 0 saturated heterocycles. The van der Waals surface area contributed by atoms with Crippen LogP contribution in [0, 0.1) is 6.92 Å². The highest BCUT2D eigenvalue weighted by Crippen LogP contribution is 2.23. The van der Waals surface area contributed by atoms with Crippen LogP contribution in [0.25, 0.3) is 17.8 Å². The Morgan fingerprint density at radius 2 is 1.83 bits per heavy atom. The first-order valence-corrected chi connectivity index (χ1v) is 8.40. The molecule has 29 heavy (non-hydrogen) atoms. The van der Waals surface area contributed by atoms with Gasteiger partial charge in [-0.2, -0.15) is 0 Å². The predicted octanol–water partition coefficient (Wildman–Crippen LogP) is 4.43. The fourth-order valence-electron chi connectivity index (χ4n) is 2.52. The lowest BCUT2D eigenvalue weighted by molar-refractivity contribution is -0.274. The third-order valence-electron chi connectivity index (χ3n) is 3.94. The summed E-state index contributed by atoms with van der Waals surface area (Å²) in [5.74, 6) is -0.346. The van der Waals surface area contributed by atoms with Crippen LogP contribution >= 0.6 is 0 Å². The van der Waals surface area contributed by atoms with Gasteiger partial charge in [-0.25, -0.2) is 14.5 Å². The van der Waals surface area contributed by atoms with Crippen molar-refractivity contribution in [3.05, 3.63) is 71.3 Å². The normalized spacial score (nSPS) is 11.6. The fourth-order valence-corrected chi connectivity index (χ4v) is 2.52. The molecule has 0 aliphatic carbocycles. The van der Waals surface area contributed by atoms with Crippen LogP contribution < -0.4 is 4.74 Å². The van der Waals surface area contributed by atoms with Gasteiger partial charge in [0, 0.05) is 0 Å². The Morgan fingerprint density at radius 1 is 1.10 bits per heavy atom. The minimum absolute atomic E-state index is 0.317. The molecule has 0 spiro atoms. The molecule has 1 heterocycles. The van der Waals surface area contributed by atoms with Crippen molar-refractivity contribution in [2.75, 3.05) is 7.11 Å². The maximum absolute atomic E-state index is 12.2. The molecule has 0 saturated carbocycles. The third kappa shape index (κ3) is 5.22. The second kappa shape index (κ2) is 8.17. The van der Waals surface area contributed by atoms with E-state index in [1.807, 2.05) is 19.1 Å². The number of nitrogens with zero attached hydrogens (tertiary/aromatic N) is 3. The molecule has 1 aromatic heterocycles. The zero-order valence-electron chi connectivity index (χ0n) is 15.5. The Hall–Kier alpha value is -3.62. The van der Waals surface area contributed by atoms with Gasteiger partial charge in [0.1, 0.15) is 12.1 Å². The minimum atomic E-state index is -4.74. The van der Waals surface area contributed by atoms with Crippen LogP contribution in [-0.2, 0) is 4.74 Å². The topological polar surface area (TPSA) is 66.2 Å². The van der Waals surface area contributed by atoms with Gasteiger partial charge in [-0.3, -0.25) is 0 Å². The minimum Gasteiger partial charge on any atom is -0.465 e. The highest BCUT2D eigenvalue weighted by Gasteiger charge is 2.30. The predicted molar refractivity (Wildman–Crippen MR) is 99.5 cm³/mol. The number of alkyl halides is 3. The van der Waals surface area contributed by atoms with Gasteiger partial charge >= 0.3 is 12.3 Å². The summed E-state index contributed by atoms with van der Waals surface area (Å²) in [5.41, 5.74) is 2.56. The number of aryl methyl sites for hydroxylation is 1. The molecule has 0 N–H and O–H groups in total. The van der Waals surface area contributed by atoms with Crippen LogP contribution in [0.4, 0.5) is 13.2 Å². The summed E-state index contributed by atoms with van der Waals surface area (Å²) < 4.78 is 46.7. The van der Waals surface area contributed by atoms with Crippen molar-refractivity contribution in [3.63, 3.8) is 0 Å². The van der Waals surface area contributed by atoms with Crippen molar-refractivity contribution >= 4 is 18.1 Å². The molecule has 0 bridgehead atoms. The number of methoxy groups -OCH3 is 1. The molecular formula is C20H16F3N3O3. The number of hydrogen-bond donors (Lipinski definition) is 0. The second-order valence-electron chi connectivity index (χ2n) is 5.99. The van der Waals surface area contributed by atoms with Gasteiger partial charge in [-0.05, 0) is 54.5 Å². The zero-order chi connectivity index (χ0) is 21.0. The summed E-state index contributed by atoms with van der Waals surface area (Å²) in [6, 6.07) is 10.6. The monoisotopic (exact) mass is 403 g/mol. The second-order valence-corrected chi connectivity index (χ2v) is 5.99. The number of carbonyl (C=O) groups is 1. The number of esters is 1. The number of carbonyl (C=O) groups excluding carboxylic acids is 1. The first-order chi connectivity index (χ1) is 13.7. The summed E-state index contributed by atoms with van der Waals surface area (Å²) in [5, 5.41) is 4.26. The molecule has 3 aromatic rings.